The third kappa shape index (κ3) is 15.5. The molecular formula is C14H24Cl2N2O6. The van der Waals surface area contributed by atoms with E-state index in [1.54, 1.807) is 0 Å². The van der Waals surface area contributed by atoms with Crippen molar-refractivity contribution in [2.75, 3.05) is 0 Å². The van der Waals surface area contributed by atoms with Gasteiger partial charge in [0.1, 0.15) is 12.1 Å². The predicted octanol–water partition coefficient (Wildman–Crippen LogP) is 2.70. The maximum Gasteiger partial charge on any atom is 0.415 e. The number of hydrogen-bond acceptors (Lipinski definition) is 6. The second-order valence-corrected chi connectivity index (χ2v) is 6.72. The molecule has 2 atom stereocenters. The van der Waals surface area contributed by atoms with E-state index in [4.69, 9.17) is 15.6 Å². The molecule has 4 N–H and O–H groups in total. The Hall–Kier alpha value is -1.38. The summed E-state index contributed by atoms with van der Waals surface area (Å²) in [6.45, 7) is 7.86. The van der Waals surface area contributed by atoms with Crippen LogP contribution in [0.25, 0.3) is 0 Å². The van der Waals surface area contributed by atoms with Crippen molar-refractivity contribution >= 4 is 45.9 Å². The predicted molar refractivity (Wildman–Crippen MR) is 90.0 cm³/mol. The second-order valence-electron chi connectivity index (χ2n) is 5.84. The first-order chi connectivity index (χ1) is 10.9. The third-order valence-electron chi connectivity index (χ3n) is 2.52. The Morgan fingerprint density at radius 2 is 1.67 bits per heavy atom. The van der Waals surface area contributed by atoms with Crippen molar-refractivity contribution in [3.05, 3.63) is 0 Å². The number of cyclic esters (lactones) is 2. The Balaban J connectivity index is 0. The third-order valence-corrected chi connectivity index (χ3v) is 2.52. The fraction of sp³-hybridized carbons (Fsp3) is 0.714. The van der Waals surface area contributed by atoms with Crippen LogP contribution in [0.5, 0.6) is 0 Å². The van der Waals surface area contributed by atoms with Crippen LogP contribution >= 0.6 is 23.2 Å². The van der Waals surface area contributed by atoms with Gasteiger partial charge in [-0.15, -0.1) is 0 Å². The van der Waals surface area contributed by atoms with Crippen LogP contribution < -0.4 is 11.1 Å². The summed E-state index contributed by atoms with van der Waals surface area (Å²) in [5.41, 5.74) is 5.22. The number of amides is 1. The van der Waals surface area contributed by atoms with Gasteiger partial charge >= 0.3 is 22.7 Å². The number of halogens is 2. The van der Waals surface area contributed by atoms with E-state index in [0.29, 0.717) is 24.7 Å². The molecule has 1 amide bonds. The molecule has 0 spiro atoms. The number of hydrogen-bond donors (Lipinski definition) is 3. The number of aliphatic carboxylic acids is 1. The smallest absolute Gasteiger partial charge is 0.415 e. The summed E-state index contributed by atoms with van der Waals surface area (Å²) in [7, 11) is 0. The summed E-state index contributed by atoms with van der Waals surface area (Å²) in [5.74, 6) is -0.630. The van der Waals surface area contributed by atoms with Crippen LogP contribution in [0.2, 0.25) is 0 Å². The van der Waals surface area contributed by atoms with Crippen LogP contribution in [0, 0.1) is 11.8 Å². The van der Waals surface area contributed by atoms with Gasteiger partial charge in [0.15, 0.2) is 0 Å². The Bertz CT molecular complexity index is 439. The van der Waals surface area contributed by atoms with Gasteiger partial charge in [-0.25, -0.2) is 9.59 Å². The molecule has 0 aromatic heterocycles. The number of carbonyl (C=O) groups excluding carboxylic acids is 3. The highest BCUT2D eigenvalue weighted by atomic mass is 35.5. The van der Waals surface area contributed by atoms with Crippen LogP contribution in [0.15, 0.2) is 0 Å². The summed E-state index contributed by atoms with van der Waals surface area (Å²) in [4.78, 5) is 40.4. The van der Waals surface area contributed by atoms with Crippen LogP contribution in [-0.4, -0.2) is 39.9 Å². The van der Waals surface area contributed by atoms with Crippen LogP contribution in [0.4, 0.5) is 9.59 Å². The number of nitrogens with two attached hydrogens (primary N) is 1. The SMILES string of the molecule is CC(C)C[C@@H]1NC(=O)OC1=O.CC(C)C[C@H](N)C(=O)O.O=C(Cl)Cl. The first kappa shape index (κ1) is 24.9. The minimum atomic E-state index is -0.913. The highest BCUT2D eigenvalue weighted by molar-refractivity contribution is 6.93. The molecule has 10 heteroatoms. The molecule has 0 unspecified atom stereocenters. The molecule has 0 radical (unpaired) electrons. The molecule has 0 aliphatic carbocycles. The van der Waals surface area contributed by atoms with Crippen molar-refractivity contribution in [2.24, 2.45) is 17.6 Å². The molecular weight excluding hydrogens is 363 g/mol. The molecule has 0 saturated carbocycles. The molecule has 0 bridgehead atoms. The molecule has 1 aliphatic heterocycles. The maximum absolute atomic E-state index is 10.8. The molecule has 1 rings (SSSR count). The van der Waals surface area contributed by atoms with Gasteiger partial charge in [0, 0.05) is 0 Å². The van der Waals surface area contributed by atoms with Crippen molar-refractivity contribution in [2.45, 2.75) is 52.6 Å². The zero-order chi connectivity index (χ0) is 19.4. The average molecular weight is 387 g/mol. The van der Waals surface area contributed by atoms with Gasteiger partial charge < -0.3 is 20.9 Å². The lowest BCUT2D eigenvalue weighted by molar-refractivity contribution is -0.139. The molecule has 1 saturated heterocycles. The van der Waals surface area contributed by atoms with E-state index in [-0.39, 0.29) is 0 Å². The zero-order valence-corrected chi connectivity index (χ0v) is 15.6. The van der Waals surface area contributed by atoms with Gasteiger partial charge in [-0.05, 0) is 47.9 Å². The number of nitrogens with one attached hydrogen (secondary N) is 1. The maximum atomic E-state index is 10.8. The van der Waals surface area contributed by atoms with Crippen molar-refractivity contribution < 1.29 is 29.0 Å². The lowest BCUT2D eigenvalue weighted by Crippen LogP contribution is -2.31. The van der Waals surface area contributed by atoms with Gasteiger partial charge in [-0.1, -0.05) is 27.7 Å². The molecule has 0 aromatic rings. The molecule has 140 valence electrons. The molecule has 24 heavy (non-hydrogen) atoms. The normalized spacial score (nSPS) is 17.1. The van der Waals surface area contributed by atoms with Gasteiger partial charge in [0.05, 0.1) is 0 Å². The minimum absolute atomic E-state index is 0.357. The van der Waals surface area contributed by atoms with Crippen molar-refractivity contribution in [3.63, 3.8) is 0 Å². The van der Waals surface area contributed by atoms with E-state index in [1.807, 2.05) is 27.7 Å². The molecule has 1 fully saturated rings. The molecule has 0 aromatic carbocycles. The first-order valence-corrected chi connectivity index (χ1v) is 7.97. The molecule has 1 heterocycles. The molecule has 1 aliphatic rings. The zero-order valence-electron chi connectivity index (χ0n) is 14.0. The number of alkyl carbamates (subject to hydrolysis) is 1. The van der Waals surface area contributed by atoms with Crippen molar-refractivity contribution in [1.29, 1.82) is 0 Å². The summed E-state index contributed by atoms with van der Waals surface area (Å²) in [6, 6.07) is -1.12. The van der Waals surface area contributed by atoms with E-state index < -0.39 is 34.8 Å². The molecule has 8 nitrogen and oxygen atoms in total. The number of carboxylic acid groups (broad SMARTS) is 1. The Morgan fingerprint density at radius 3 is 1.88 bits per heavy atom. The number of esters is 1. The lowest BCUT2D eigenvalue weighted by Gasteiger charge is -2.07. The summed E-state index contributed by atoms with van der Waals surface area (Å²) >= 11 is 8.80. The summed E-state index contributed by atoms with van der Waals surface area (Å²) < 4.78 is 3.40. The Morgan fingerprint density at radius 1 is 1.21 bits per heavy atom. The highest BCUT2D eigenvalue weighted by Gasteiger charge is 2.32. The van der Waals surface area contributed by atoms with E-state index in [9.17, 15) is 14.4 Å². The topological polar surface area (TPSA) is 136 Å². The van der Waals surface area contributed by atoms with Gasteiger partial charge in [0.25, 0.3) is 0 Å². The van der Waals surface area contributed by atoms with E-state index in [1.165, 1.54) is 0 Å². The van der Waals surface area contributed by atoms with E-state index in [0.717, 1.165) is 0 Å². The fourth-order valence-corrected chi connectivity index (χ4v) is 1.63. The van der Waals surface area contributed by atoms with Crippen LogP contribution in [0.3, 0.4) is 0 Å². The number of rotatable bonds is 5. The highest BCUT2D eigenvalue weighted by Crippen LogP contribution is 2.10. The number of ether oxygens (including phenoxy) is 1. The standard InChI is InChI=1S/C7H11NO3.C6H13NO2.CCl2O/c1-4(2)3-5-6(9)11-7(10)8-5;1-4(2)3-5(7)6(8)9;2-1(3)4/h4-5H,3H2,1-2H3,(H,8,10);4-5H,3,7H2,1-2H3,(H,8,9);/t2*5-;/m00./s1. The van der Waals surface area contributed by atoms with Gasteiger partial charge in [0.2, 0.25) is 0 Å². The number of carboxylic acids is 1. The van der Waals surface area contributed by atoms with Crippen LogP contribution in [0.1, 0.15) is 40.5 Å². The number of carbonyl (C=O) groups is 4. The first-order valence-electron chi connectivity index (χ1n) is 7.22. The Labute approximate surface area is 151 Å². The summed E-state index contributed by atoms with van der Waals surface area (Å²) in [5, 5.41) is 10.7. The fourth-order valence-electron chi connectivity index (χ4n) is 1.63. The van der Waals surface area contributed by atoms with Crippen molar-refractivity contribution in [3.8, 4) is 0 Å². The van der Waals surface area contributed by atoms with E-state index >= 15 is 0 Å². The average Bonchev–Trinajstić information content (AvgIpc) is 2.65. The minimum Gasteiger partial charge on any atom is -0.480 e. The van der Waals surface area contributed by atoms with Gasteiger partial charge in [-0.3, -0.25) is 9.59 Å². The van der Waals surface area contributed by atoms with Crippen LogP contribution in [-0.2, 0) is 14.3 Å². The summed E-state index contributed by atoms with van der Waals surface area (Å²) in [6.07, 6.45) is 0.570. The monoisotopic (exact) mass is 386 g/mol. The van der Waals surface area contributed by atoms with E-state index in [2.05, 4.69) is 33.3 Å². The largest absolute Gasteiger partial charge is 0.480 e. The van der Waals surface area contributed by atoms with Gasteiger partial charge in [-0.2, -0.15) is 0 Å². The Kier molecular flexibility index (Phi) is 13.4. The quantitative estimate of drug-likeness (QED) is 0.375. The van der Waals surface area contributed by atoms with Crippen molar-refractivity contribution in [1.82, 2.24) is 5.32 Å². The lowest BCUT2D eigenvalue weighted by atomic mass is 10.0. The second kappa shape index (κ2) is 13.0.